The highest BCUT2D eigenvalue weighted by Gasteiger charge is 2.19. The molecule has 0 aliphatic heterocycles. The highest BCUT2D eigenvalue weighted by Crippen LogP contribution is 2.37. The van der Waals surface area contributed by atoms with Crippen molar-refractivity contribution < 1.29 is 14.3 Å². The molecule has 0 aliphatic carbocycles. The third-order valence-electron chi connectivity index (χ3n) is 3.34. The molecular weight excluding hydrogens is 355 g/mol. The summed E-state index contributed by atoms with van der Waals surface area (Å²) in [5.41, 5.74) is 0.751. The standard InChI is InChI=1S/C17H12Cl2O3S/c1-21-11-6-7-12-14(8-11)23-16(15(12)19)17(20)22-9-10-4-2-3-5-13(10)18/h2-8H,9H2,1H3. The van der Waals surface area contributed by atoms with E-state index >= 15 is 0 Å². The van der Waals surface area contributed by atoms with Gasteiger partial charge in [0.25, 0.3) is 0 Å². The van der Waals surface area contributed by atoms with Gasteiger partial charge in [0.05, 0.1) is 12.1 Å². The average molecular weight is 367 g/mol. The summed E-state index contributed by atoms with van der Waals surface area (Å²) >= 11 is 13.6. The summed E-state index contributed by atoms with van der Waals surface area (Å²) in [6, 6.07) is 12.7. The molecule has 0 bridgehead atoms. The third kappa shape index (κ3) is 3.29. The molecule has 0 amide bonds. The fraction of sp³-hybridized carbons (Fsp3) is 0.118. The van der Waals surface area contributed by atoms with Crippen molar-refractivity contribution in [1.82, 2.24) is 0 Å². The number of fused-ring (bicyclic) bond motifs is 1. The van der Waals surface area contributed by atoms with Gasteiger partial charge >= 0.3 is 5.97 Å². The van der Waals surface area contributed by atoms with Gasteiger partial charge in [-0.3, -0.25) is 0 Å². The third-order valence-corrected chi connectivity index (χ3v) is 5.34. The number of hydrogen-bond donors (Lipinski definition) is 0. The fourth-order valence-corrected chi connectivity index (χ4v) is 3.75. The van der Waals surface area contributed by atoms with E-state index in [1.807, 2.05) is 30.3 Å². The molecule has 1 aromatic heterocycles. The SMILES string of the molecule is COc1ccc2c(Cl)c(C(=O)OCc3ccccc3Cl)sc2c1. The van der Waals surface area contributed by atoms with Crippen molar-refractivity contribution in [2.45, 2.75) is 6.61 Å². The minimum absolute atomic E-state index is 0.104. The molecule has 1 heterocycles. The molecule has 0 spiro atoms. The van der Waals surface area contributed by atoms with E-state index in [1.54, 1.807) is 19.2 Å². The predicted molar refractivity (Wildman–Crippen MR) is 94.0 cm³/mol. The molecule has 0 saturated carbocycles. The van der Waals surface area contributed by atoms with E-state index in [9.17, 15) is 4.79 Å². The first-order valence-electron chi connectivity index (χ1n) is 6.76. The number of halogens is 2. The Kier molecular flexibility index (Phi) is 4.76. The lowest BCUT2D eigenvalue weighted by Gasteiger charge is -2.05. The highest BCUT2D eigenvalue weighted by atomic mass is 35.5. The van der Waals surface area contributed by atoms with Gasteiger partial charge in [0, 0.05) is 20.7 Å². The molecule has 0 saturated heterocycles. The summed E-state index contributed by atoms with van der Waals surface area (Å²) in [4.78, 5) is 12.7. The van der Waals surface area contributed by atoms with Crippen LogP contribution in [-0.4, -0.2) is 13.1 Å². The van der Waals surface area contributed by atoms with Gasteiger partial charge in [-0.15, -0.1) is 11.3 Å². The lowest BCUT2D eigenvalue weighted by molar-refractivity contribution is 0.0479. The molecule has 2 aromatic carbocycles. The van der Waals surface area contributed by atoms with E-state index in [-0.39, 0.29) is 6.61 Å². The van der Waals surface area contributed by atoms with Crippen LogP contribution in [0.4, 0.5) is 0 Å². The van der Waals surface area contributed by atoms with Crippen molar-refractivity contribution >= 4 is 50.6 Å². The van der Waals surface area contributed by atoms with Crippen LogP contribution in [0.25, 0.3) is 10.1 Å². The van der Waals surface area contributed by atoms with E-state index < -0.39 is 5.97 Å². The molecule has 0 atom stereocenters. The number of carbonyl (C=O) groups excluding carboxylic acids is 1. The first-order valence-corrected chi connectivity index (χ1v) is 8.34. The summed E-state index contributed by atoms with van der Waals surface area (Å²) < 4.78 is 11.4. The van der Waals surface area contributed by atoms with Gasteiger partial charge in [0.1, 0.15) is 17.2 Å². The second-order valence-corrected chi connectivity index (χ2v) is 6.61. The Bertz CT molecular complexity index is 873. The van der Waals surface area contributed by atoms with Crippen LogP contribution in [0.5, 0.6) is 5.75 Å². The van der Waals surface area contributed by atoms with Crippen LogP contribution in [0.15, 0.2) is 42.5 Å². The molecule has 23 heavy (non-hydrogen) atoms. The topological polar surface area (TPSA) is 35.5 Å². The van der Waals surface area contributed by atoms with Crippen LogP contribution >= 0.6 is 34.5 Å². The van der Waals surface area contributed by atoms with Gasteiger partial charge in [-0.25, -0.2) is 4.79 Å². The minimum atomic E-state index is -0.463. The Labute approximate surface area is 147 Å². The molecule has 0 radical (unpaired) electrons. The van der Waals surface area contributed by atoms with Crippen LogP contribution in [0, 0.1) is 0 Å². The van der Waals surface area contributed by atoms with Gasteiger partial charge in [-0.2, -0.15) is 0 Å². The highest BCUT2D eigenvalue weighted by molar-refractivity contribution is 7.21. The number of thiophene rings is 1. The van der Waals surface area contributed by atoms with Crippen LogP contribution < -0.4 is 4.74 Å². The van der Waals surface area contributed by atoms with Gasteiger partial charge in [-0.05, 0) is 24.3 Å². The monoisotopic (exact) mass is 366 g/mol. The Hall–Kier alpha value is -1.75. The van der Waals surface area contributed by atoms with Crippen LogP contribution in [0.2, 0.25) is 10.0 Å². The summed E-state index contributed by atoms with van der Waals surface area (Å²) in [5.74, 6) is 0.251. The molecule has 0 fully saturated rings. The van der Waals surface area contributed by atoms with Crippen LogP contribution in [-0.2, 0) is 11.3 Å². The van der Waals surface area contributed by atoms with Gasteiger partial charge in [0.2, 0.25) is 0 Å². The zero-order chi connectivity index (χ0) is 16.4. The Morgan fingerprint density at radius 3 is 2.70 bits per heavy atom. The largest absolute Gasteiger partial charge is 0.497 e. The summed E-state index contributed by atoms with van der Waals surface area (Å²) in [6.07, 6.45) is 0. The van der Waals surface area contributed by atoms with E-state index in [0.29, 0.717) is 20.7 Å². The number of rotatable bonds is 4. The zero-order valence-corrected chi connectivity index (χ0v) is 14.5. The lowest BCUT2D eigenvalue weighted by Crippen LogP contribution is -2.04. The molecular formula is C17H12Cl2O3S. The van der Waals surface area contributed by atoms with Crippen molar-refractivity contribution in [2.75, 3.05) is 7.11 Å². The number of ether oxygens (including phenoxy) is 2. The molecule has 0 aliphatic rings. The van der Waals surface area contributed by atoms with Crippen molar-refractivity contribution in [2.24, 2.45) is 0 Å². The van der Waals surface area contributed by atoms with Crippen LogP contribution in [0.3, 0.4) is 0 Å². The molecule has 3 rings (SSSR count). The van der Waals surface area contributed by atoms with Gasteiger partial charge in [0.15, 0.2) is 0 Å². The second kappa shape index (κ2) is 6.79. The smallest absolute Gasteiger partial charge is 0.350 e. The minimum Gasteiger partial charge on any atom is -0.497 e. The first-order chi connectivity index (χ1) is 11.1. The van der Waals surface area contributed by atoms with Crippen molar-refractivity contribution in [3.8, 4) is 5.75 Å². The second-order valence-electron chi connectivity index (χ2n) is 4.77. The molecule has 6 heteroatoms. The Morgan fingerprint density at radius 2 is 1.96 bits per heavy atom. The van der Waals surface area contributed by atoms with Crippen molar-refractivity contribution in [1.29, 1.82) is 0 Å². The molecule has 118 valence electrons. The number of esters is 1. The maximum Gasteiger partial charge on any atom is 0.350 e. The number of benzene rings is 2. The van der Waals surface area contributed by atoms with Gasteiger partial charge < -0.3 is 9.47 Å². The van der Waals surface area contributed by atoms with Crippen molar-refractivity contribution in [3.63, 3.8) is 0 Å². The summed E-state index contributed by atoms with van der Waals surface area (Å²) in [7, 11) is 1.59. The zero-order valence-electron chi connectivity index (χ0n) is 12.1. The molecule has 3 aromatic rings. The molecule has 0 N–H and O–H groups in total. The normalized spacial score (nSPS) is 10.7. The van der Waals surface area contributed by atoms with E-state index in [4.69, 9.17) is 32.7 Å². The summed E-state index contributed by atoms with van der Waals surface area (Å²) in [5, 5.41) is 1.77. The number of hydrogen-bond acceptors (Lipinski definition) is 4. The predicted octanol–water partition coefficient (Wildman–Crippen LogP) is 5.57. The first kappa shape index (κ1) is 16.1. The maximum absolute atomic E-state index is 12.3. The number of carbonyl (C=O) groups is 1. The van der Waals surface area contributed by atoms with E-state index in [0.717, 1.165) is 15.6 Å². The number of methoxy groups -OCH3 is 1. The molecule has 0 unspecified atom stereocenters. The maximum atomic E-state index is 12.3. The van der Waals surface area contributed by atoms with Gasteiger partial charge in [-0.1, -0.05) is 41.4 Å². The van der Waals surface area contributed by atoms with Crippen molar-refractivity contribution in [3.05, 3.63) is 63.0 Å². The Morgan fingerprint density at radius 1 is 1.17 bits per heavy atom. The molecule has 3 nitrogen and oxygen atoms in total. The Balaban J connectivity index is 1.83. The summed E-state index contributed by atoms with van der Waals surface area (Å²) in [6.45, 7) is 0.104. The van der Waals surface area contributed by atoms with E-state index in [1.165, 1.54) is 11.3 Å². The lowest BCUT2D eigenvalue weighted by atomic mass is 10.2. The average Bonchev–Trinajstić information content (AvgIpc) is 2.90. The quantitative estimate of drug-likeness (QED) is 0.565. The van der Waals surface area contributed by atoms with E-state index in [2.05, 4.69) is 0 Å². The van der Waals surface area contributed by atoms with Crippen LogP contribution in [0.1, 0.15) is 15.2 Å². The fourth-order valence-electron chi connectivity index (χ4n) is 2.13.